The molecule has 0 spiro atoms. The molecule has 3 nitrogen and oxygen atoms in total. The highest BCUT2D eigenvalue weighted by Gasteiger charge is 2.26. The lowest BCUT2D eigenvalue weighted by molar-refractivity contribution is 0.0211. The van der Waals surface area contributed by atoms with E-state index >= 15 is 0 Å². The molecule has 68 valence electrons. The molecule has 0 N–H and O–H groups in total. The summed E-state index contributed by atoms with van der Waals surface area (Å²) in [7, 11) is 0. The fourth-order valence-electron chi connectivity index (χ4n) is 1.49. The van der Waals surface area contributed by atoms with Gasteiger partial charge in [-0.15, -0.1) is 0 Å². The molecule has 0 aromatic rings. The molecule has 0 amide bonds. The van der Waals surface area contributed by atoms with Crippen LogP contribution >= 0.6 is 0 Å². The largest absolute Gasteiger partial charge is 0.381 e. The zero-order valence-corrected chi connectivity index (χ0v) is 7.51. The Bertz CT molecular complexity index is 179. The van der Waals surface area contributed by atoms with Gasteiger partial charge < -0.3 is 4.74 Å². The third kappa shape index (κ3) is 2.76. The molecular formula is C9H15NO2. The zero-order chi connectivity index (χ0) is 8.86. The van der Waals surface area contributed by atoms with Crippen molar-refractivity contribution in [1.29, 1.82) is 0 Å². The SMILES string of the molecule is CC1(CCN=C=O)CCOCC1. The molecule has 0 radical (unpaired) electrons. The van der Waals surface area contributed by atoms with E-state index in [1.165, 1.54) is 0 Å². The maximum atomic E-state index is 9.83. The first-order chi connectivity index (χ1) is 5.77. The molecule has 1 fully saturated rings. The molecule has 3 heteroatoms. The molecule has 0 aromatic heterocycles. The van der Waals surface area contributed by atoms with E-state index in [1.54, 1.807) is 6.08 Å². The third-order valence-corrected chi connectivity index (χ3v) is 2.59. The Kier molecular flexibility index (Phi) is 3.45. The number of aliphatic imine (C=N–C) groups is 1. The second-order valence-electron chi connectivity index (χ2n) is 3.65. The Morgan fingerprint density at radius 3 is 2.75 bits per heavy atom. The highest BCUT2D eigenvalue weighted by Crippen LogP contribution is 2.32. The van der Waals surface area contributed by atoms with Crippen molar-refractivity contribution in [2.75, 3.05) is 19.8 Å². The molecular weight excluding hydrogens is 154 g/mol. The van der Waals surface area contributed by atoms with Crippen molar-refractivity contribution in [3.8, 4) is 0 Å². The van der Waals surface area contributed by atoms with Crippen LogP contribution in [0, 0.1) is 5.41 Å². The summed E-state index contributed by atoms with van der Waals surface area (Å²) in [5.74, 6) is 0. The van der Waals surface area contributed by atoms with Gasteiger partial charge in [-0.25, -0.2) is 9.79 Å². The molecule has 1 saturated heterocycles. The summed E-state index contributed by atoms with van der Waals surface area (Å²) in [4.78, 5) is 13.4. The predicted molar refractivity (Wildman–Crippen MR) is 45.8 cm³/mol. The fraction of sp³-hybridized carbons (Fsp3) is 0.889. The summed E-state index contributed by atoms with van der Waals surface area (Å²) in [5, 5.41) is 0. The lowest BCUT2D eigenvalue weighted by Gasteiger charge is -2.32. The number of hydrogen-bond donors (Lipinski definition) is 0. The first-order valence-electron chi connectivity index (χ1n) is 4.38. The summed E-state index contributed by atoms with van der Waals surface area (Å²) < 4.78 is 5.26. The van der Waals surface area contributed by atoms with Gasteiger partial charge in [-0.05, 0) is 24.7 Å². The molecule has 1 rings (SSSR count). The van der Waals surface area contributed by atoms with Gasteiger partial charge in [0.2, 0.25) is 6.08 Å². The van der Waals surface area contributed by atoms with Crippen molar-refractivity contribution in [2.45, 2.75) is 26.2 Å². The number of carbonyl (C=O) groups excluding carboxylic acids is 1. The van der Waals surface area contributed by atoms with Gasteiger partial charge in [0.05, 0.1) is 6.54 Å². The number of hydrogen-bond acceptors (Lipinski definition) is 3. The van der Waals surface area contributed by atoms with Crippen molar-refractivity contribution in [2.24, 2.45) is 10.4 Å². The van der Waals surface area contributed by atoms with Crippen molar-refractivity contribution < 1.29 is 9.53 Å². The van der Waals surface area contributed by atoms with Crippen LogP contribution < -0.4 is 0 Å². The molecule has 1 aliphatic rings. The summed E-state index contributed by atoms with van der Waals surface area (Å²) in [6.45, 7) is 4.54. The van der Waals surface area contributed by atoms with Crippen LogP contribution in [0.2, 0.25) is 0 Å². The Morgan fingerprint density at radius 2 is 2.17 bits per heavy atom. The molecule has 0 saturated carbocycles. The second-order valence-corrected chi connectivity index (χ2v) is 3.65. The quantitative estimate of drug-likeness (QED) is 0.474. The van der Waals surface area contributed by atoms with Gasteiger partial charge in [-0.2, -0.15) is 0 Å². The molecule has 12 heavy (non-hydrogen) atoms. The topological polar surface area (TPSA) is 38.7 Å². The minimum atomic E-state index is 0.332. The van der Waals surface area contributed by atoms with Crippen molar-refractivity contribution in [3.63, 3.8) is 0 Å². The third-order valence-electron chi connectivity index (χ3n) is 2.59. The van der Waals surface area contributed by atoms with Crippen LogP contribution in [0.15, 0.2) is 4.99 Å². The number of rotatable bonds is 3. The Labute approximate surface area is 72.8 Å². The molecule has 0 atom stereocenters. The first kappa shape index (κ1) is 9.43. The summed E-state index contributed by atoms with van der Waals surface area (Å²) >= 11 is 0. The smallest absolute Gasteiger partial charge is 0.234 e. The molecule has 0 aromatic carbocycles. The van der Waals surface area contributed by atoms with E-state index in [2.05, 4.69) is 11.9 Å². The van der Waals surface area contributed by atoms with Gasteiger partial charge in [-0.3, -0.25) is 0 Å². The van der Waals surface area contributed by atoms with Crippen LogP contribution in [0.5, 0.6) is 0 Å². The van der Waals surface area contributed by atoms with Crippen LogP contribution in [0.25, 0.3) is 0 Å². The van der Waals surface area contributed by atoms with Gasteiger partial charge in [0, 0.05) is 13.2 Å². The molecule has 0 unspecified atom stereocenters. The number of nitrogens with zero attached hydrogens (tertiary/aromatic N) is 1. The summed E-state index contributed by atoms with van der Waals surface area (Å²) in [6, 6.07) is 0. The van der Waals surface area contributed by atoms with E-state index in [1.807, 2.05) is 0 Å². The Hall–Kier alpha value is -0.660. The standard InChI is InChI=1S/C9H15NO2/c1-9(2-5-10-8-11)3-6-12-7-4-9/h2-7H2,1H3. The maximum absolute atomic E-state index is 9.83. The van der Waals surface area contributed by atoms with Crippen LogP contribution in [0.4, 0.5) is 0 Å². The average Bonchev–Trinajstić information content (AvgIpc) is 2.06. The minimum Gasteiger partial charge on any atom is -0.381 e. The van der Waals surface area contributed by atoms with Crippen LogP contribution in [0.3, 0.4) is 0 Å². The van der Waals surface area contributed by atoms with E-state index in [-0.39, 0.29) is 0 Å². The van der Waals surface area contributed by atoms with Gasteiger partial charge in [0.1, 0.15) is 0 Å². The van der Waals surface area contributed by atoms with Crippen molar-refractivity contribution >= 4 is 6.08 Å². The van der Waals surface area contributed by atoms with Crippen molar-refractivity contribution in [3.05, 3.63) is 0 Å². The van der Waals surface area contributed by atoms with Crippen LogP contribution in [-0.2, 0) is 9.53 Å². The predicted octanol–water partition coefficient (Wildman–Crippen LogP) is 1.53. The van der Waals surface area contributed by atoms with Crippen molar-refractivity contribution in [1.82, 2.24) is 0 Å². The van der Waals surface area contributed by atoms with Gasteiger partial charge >= 0.3 is 0 Å². The zero-order valence-electron chi connectivity index (χ0n) is 7.51. The van der Waals surface area contributed by atoms with Gasteiger partial charge in [-0.1, -0.05) is 6.92 Å². The monoisotopic (exact) mass is 169 g/mol. The highest BCUT2D eigenvalue weighted by molar-refractivity contribution is 5.32. The fourth-order valence-corrected chi connectivity index (χ4v) is 1.49. The van der Waals surface area contributed by atoms with E-state index in [4.69, 9.17) is 4.74 Å². The Morgan fingerprint density at radius 1 is 1.50 bits per heavy atom. The second kappa shape index (κ2) is 4.39. The normalized spacial score (nSPS) is 21.4. The summed E-state index contributed by atoms with van der Waals surface area (Å²) in [5.41, 5.74) is 0.332. The molecule has 1 aliphatic heterocycles. The van der Waals surface area contributed by atoms with Gasteiger partial charge in [0.15, 0.2) is 0 Å². The minimum absolute atomic E-state index is 0.332. The first-order valence-corrected chi connectivity index (χ1v) is 4.38. The number of isocyanates is 1. The Balaban J connectivity index is 2.31. The van der Waals surface area contributed by atoms with E-state index in [0.717, 1.165) is 32.5 Å². The summed E-state index contributed by atoms with van der Waals surface area (Å²) in [6.07, 6.45) is 4.72. The molecule has 1 heterocycles. The molecule has 0 aliphatic carbocycles. The van der Waals surface area contributed by atoms with Crippen LogP contribution in [0.1, 0.15) is 26.2 Å². The molecule has 0 bridgehead atoms. The van der Waals surface area contributed by atoms with E-state index in [9.17, 15) is 4.79 Å². The highest BCUT2D eigenvalue weighted by atomic mass is 16.5. The van der Waals surface area contributed by atoms with E-state index in [0.29, 0.717) is 12.0 Å². The lowest BCUT2D eigenvalue weighted by atomic mass is 9.79. The van der Waals surface area contributed by atoms with E-state index < -0.39 is 0 Å². The average molecular weight is 169 g/mol. The van der Waals surface area contributed by atoms with Gasteiger partial charge in [0.25, 0.3) is 0 Å². The lowest BCUT2D eigenvalue weighted by Crippen LogP contribution is -2.27. The van der Waals surface area contributed by atoms with Crippen LogP contribution in [-0.4, -0.2) is 25.8 Å². The maximum Gasteiger partial charge on any atom is 0.234 e. The number of ether oxygens (including phenoxy) is 1.